The molecule has 1 amide bonds. The minimum atomic E-state index is -1.11. The number of carbonyl (C=O) groups is 3. The van der Waals surface area contributed by atoms with E-state index in [1.807, 2.05) is 20.8 Å². The quantitative estimate of drug-likeness (QED) is 0.334. The number of amides is 1. The first-order chi connectivity index (χ1) is 10.9. The van der Waals surface area contributed by atoms with Crippen molar-refractivity contribution in [1.82, 2.24) is 16.0 Å². The second kappa shape index (κ2) is 13.3. The molecule has 134 valence electrons. The van der Waals surface area contributed by atoms with Gasteiger partial charge >= 0.3 is 5.97 Å². The van der Waals surface area contributed by atoms with Crippen LogP contribution in [0.1, 0.15) is 33.6 Å². The molecule has 8 heteroatoms. The molecule has 0 aromatic heterocycles. The highest BCUT2D eigenvalue weighted by molar-refractivity contribution is 7.99. The highest BCUT2D eigenvalue weighted by Gasteiger charge is 2.19. The summed E-state index contributed by atoms with van der Waals surface area (Å²) in [7, 11) is 0. The predicted octanol–water partition coefficient (Wildman–Crippen LogP) is 0.246. The minimum absolute atomic E-state index is 0.0249. The number of carboxylic acids is 1. The molecular formula is C15H29N3O4S. The maximum atomic E-state index is 11.6. The second-order valence-electron chi connectivity index (χ2n) is 5.27. The Kier molecular flexibility index (Phi) is 12.7. The highest BCUT2D eigenvalue weighted by Crippen LogP contribution is 2.00. The van der Waals surface area contributed by atoms with E-state index in [2.05, 4.69) is 16.0 Å². The van der Waals surface area contributed by atoms with Crippen LogP contribution in [0.5, 0.6) is 0 Å². The summed E-state index contributed by atoms with van der Waals surface area (Å²) in [5, 5.41) is 17.4. The molecular weight excluding hydrogens is 318 g/mol. The van der Waals surface area contributed by atoms with Gasteiger partial charge in [-0.1, -0.05) is 13.8 Å². The van der Waals surface area contributed by atoms with E-state index in [-0.39, 0.29) is 37.4 Å². The summed E-state index contributed by atoms with van der Waals surface area (Å²) in [6.45, 7) is 6.37. The average molecular weight is 347 g/mol. The standard InChI is InChI=1S/C15H29N3O4S/c1-4-11(3)17-9-12(19)8-16-10-13(15(21)22)18-14(20)6-7-23-5-2/h11,13,16-17H,4-10H2,1-3H3,(H,18,20)(H,21,22)/t11?,13-/m1/s1. The number of carboxylic acid groups (broad SMARTS) is 1. The van der Waals surface area contributed by atoms with Gasteiger partial charge in [-0.3, -0.25) is 9.59 Å². The summed E-state index contributed by atoms with van der Waals surface area (Å²) in [5.41, 5.74) is 0. The molecule has 0 aliphatic carbocycles. The number of hydrogen-bond acceptors (Lipinski definition) is 6. The van der Waals surface area contributed by atoms with Crippen LogP contribution in [0.15, 0.2) is 0 Å². The number of nitrogens with one attached hydrogen (secondary N) is 3. The monoisotopic (exact) mass is 347 g/mol. The Morgan fingerprint density at radius 2 is 1.87 bits per heavy atom. The first-order valence-electron chi connectivity index (χ1n) is 7.96. The van der Waals surface area contributed by atoms with E-state index < -0.39 is 12.0 Å². The van der Waals surface area contributed by atoms with Gasteiger partial charge in [0, 0.05) is 24.8 Å². The van der Waals surface area contributed by atoms with E-state index in [4.69, 9.17) is 5.11 Å². The number of thioether (sulfide) groups is 1. The Labute approximate surface area is 142 Å². The average Bonchev–Trinajstić information content (AvgIpc) is 2.51. The molecule has 4 N–H and O–H groups in total. The van der Waals surface area contributed by atoms with Crippen LogP contribution in [0.25, 0.3) is 0 Å². The minimum Gasteiger partial charge on any atom is -0.480 e. The second-order valence-corrected chi connectivity index (χ2v) is 6.66. The number of Topliss-reactive ketones (excluding diaryl/α,β-unsaturated/α-hetero) is 1. The van der Waals surface area contributed by atoms with Crippen LogP contribution in [0.3, 0.4) is 0 Å². The molecule has 0 rings (SSSR count). The molecule has 0 saturated carbocycles. The molecule has 0 spiro atoms. The zero-order valence-corrected chi connectivity index (χ0v) is 15.0. The van der Waals surface area contributed by atoms with Gasteiger partial charge in [0.2, 0.25) is 5.91 Å². The molecule has 23 heavy (non-hydrogen) atoms. The lowest BCUT2D eigenvalue weighted by Gasteiger charge is -2.15. The zero-order valence-electron chi connectivity index (χ0n) is 14.2. The highest BCUT2D eigenvalue weighted by atomic mass is 32.2. The molecule has 0 aliphatic heterocycles. The molecule has 0 aliphatic rings. The summed E-state index contributed by atoms with van der Waals surface area (Å²) >= 11 is 1.63. The lowest BCUT2D eigenvalue weighted by molar-refractivity contribution is -0.141. The Hall–Kier alpha value is -1.12. The lowest BCUT2D eigenvalue weighted by Crippen LogP contribution is -2.48. The van der Waals surface area contributed by atoms with Crippen LogP contribution < -0.4 is 16.0 Å². The maximum absolute atomic E-state index is 11.6. The molecule has 0 aromatic carbocycles. The first-order valence-corrected chi connectivity index (χ1v) is 9.11. The van der Waals surface area contributed by atoms with Crippen molar-refractivity contribution in [2.45, 2.75) is 45.7 Å². The molecule has 0 bridgehead atoms. The third kappa shape index (κ3) is 12.0. The van der Waals surface area contributed by atoms with E-state index in [0.29, 0.717) is 12.2 Å². The summed E-state index contributed by atoms with van der Waals surface area (Å²) in [4.78, 5) is 34.4. The van der Waals surface area contributed by atoms with Gasteiger partial charge in [-0.2, -0.15) is 11.8 Å². The normalized spacial score (nSPS) is 13.3. The summed E-state index contributed by atoms with van der Waals surface area (Å²) < 4.78 is 0. The van der Waals surface area contributed by atoms with Gasteiger partial charge < -0.3 is 21.1 Å². The molecule has 0 fully saturated rings. The smallest absolute Gasteiger partial charge is 0.327 e. The van der Waals surface area contributed by atoms with Crippen molar-refractivity contribution in [2.24, 2.45) is 0 Å². The first kappa shape index (κ1) is 21.9. The van der Waals surface area contributed by atoms with Crippen molar-refractivity contribution in [1.29, 1.82) is 0 Å². The van der Waals surface area contributed by atoms with Crippen LogP contribution in [-0.2, 0) is 14.4 Å². The van der Waals surface area contributed by atoms with Crippen LogP contribution >= 0.6 is 11.8 Å². The number of ketones is 1. The van der Waals surface area contributed by atoms with Crippen molar-refractivity contribution in [3.05, 3.63) is 0 Å². The van der Waals surface area contributed by atoms with E-state index in [0.717, 1.165) is 12.2 Å². The Morgan fingerprint density at radius 3 is 2.43 bits per heavy atom. The number of hydrogen-bond donors (Lipinski definition) is 4. The fourth-order valence-electron chi connectivity index (χ4n) is 1.63. The van der Waals surface area contributed by atoms with Crippen LogP contribution in [0.2, 0.25) is 0 Å². The third-order valence-electron chi connectivity index (χ3n) is 3.24. The van der Waals surface area contributed by atoms with E-state index >= 15 is 0 Å². The third-order valence-corrected chi connectivity index (χ3v) is 4.14. The zero-order chi connectivity index (χ0) is 17.7. The van der Waals surface area contributed by atoms with Crippen molar-refractivity contribution < 1.29 is 19.5 Å². The topological polar surface area (TPSA) is 108 Å². The van der Waals surface area contributed by atoms with Crippen molar-refractivity contribution in [3.8, 4) is 0 Å². The van der Waals surface area contributed by atoms with Crippen LogP contribution in [0.4, 0.5) is 0 Å². The van der Waals surface area contributed by atoms with Crippen molar-refractivity contribution in [2.75, 3.05) is 31.1 Å². The molecule has 0 radical (unpaired) electrons. The van der Waals surface area contributed by atoms with E-state index in [1.165, 1.54) is 0 Å². The molecule has 0 saturated heterocycles. The largest absolute Gasteiger partial charge is 0.480 e. The predicted molar refractivity (Wildman–Crippen MR) is 92.8 cm³/mol. The van der Waals surface area contributed by atoms with Crippen LogP contribution in [0, 0.1) is 0 Å². The Bertz CT molecular complexity index is 380. The fraction of sp³-hybridized carbons (Fsp3) is 0.800. The van der Waals surface area contributed by atoms with Gasteiger partial charge in [0.1, 0.15) is 6.04 Å². The molecule has 0 heterocycles. The number of aliphatic carboxylic acids is 1. The van der Waals surface area contributed by atoms with Gasteiger partial charge in [-0.25, -0.2) is 4.79 Å². The van der Waals surface area contributed by atoms with Crippen molar-refractivity contribution in [3.63, 3.8) is 0 Å². The fourth-order valence-corrected chi connectivity index (χ4v) is 2.25. The number of rotatable bonds is 14. The van der Waals surface area contributed by atoms with Gasteiger partial charge in [-0.05, 0) is 19.1 Å². The van der Waals surface area contributed by atoms with Gasteiger partial charge in [-0.15, -0.1) is 0 Å². The van der Waals surface area contributed by atoms with Crippen LogP contribution in [-0.4, -0.2) is 66.0 Å². The maximum Gasteiger partial charge on any atom is 0.327 e. The van der Waals surface area contributed by atoms with Gasteiger partial charge in [0.15, 0.2) is 5.78 Å². The SMILES string of the molecule is CCSCCC(=O)N[C@H](CNCC(=O)CNC(C)CC)C(=O)O. The van der Waals surface area contributed by atoms with E-state index in [9.17, 15) is 14.4 Å². The summed E-state index contributed by atoms with van der Waals surface area (Å²) in [6.07, 6.45) is 1.23. The molecule has 2 atom stereocenters. The molecule has 7 nitrogen and oxygen atoms in total. The lowest BCUT2D eigenvalue weighted by atomic mass is 10.2. The van der Waals surface area contributed by atoms with Crippen molar-refractivity contribution >= 4 is 29.4 Å². The molecule has 1 unspecified atom stereocenters. The number of carbonyl (C=O) groups excluding carboxylic acids is 2. The van der Waals surface area contributed by atoms with Gasteiger partial charge in [0.25, 0.3) is 0 Å². The van der Waals surface area contributed by atoms with E-state index in [1.54, 1.807) is 11.8 Å². The summed E-state index contributed by atoms with van der Waals surface area (Å²) in [6, 6.07) is -0.754. The van der Waals surface area contributed by atoms with Gasteiger partial charge in [0.05, 0.1) is 13.1 Å². The Balaban J connectivity index is 4.02. The Morgan fingerprint density at radius 1 is 1.17 bits per heavy atom. The summed E-state index contributed by atoms with van der Waals surface area (Å²) in [5.74, 6) is 0.149. The molecule has 0 aromatic rings.